The van der Waals surface area contributed by atoms with Crippen molar-refractivity contribution in [2.75, 3.05) is 7.05 Å². The van der Waals surface area contributed by atoms with Crippen LogP contribution in [0, 0.1) is 12.7 Å². The molecule has 1 heterocycles. The van der Waals surface area contributed by atoms with Crippen LogP contribution >= 0.6 is 51.2 Å². The number of hydrogen-bond acceptors (Lipinski definition) is 2. The van der Waals surface area contributed by atoms with E-state index in [0.29, 0.717) is 12.1 Å². The summed E-state index contributed by atoms with van der Waals surface area (Å²) in [6.45, 7) is 3.09. The maximum absolute atomic E-state index is 13.2. The highest BCUT2D eigenvalue weighted by Crippen LogP contribution is 2.21. The number of benzene rings is 1. The fraction of sp³-hybridized carbons (Fsp3) is 0.267. The number of aryl methyl sites for hydroxylation is 1. The van der Waals surface area contributed by atoms with Gasteiger partial charge in [-0.1, -0.05) is 12.1 Å². The molecule has 0 saturated heterocycles. The molecule has 0 spiro atoms. The van der Waals surface area contributed by atoms with Crippen molar-refractivity contribution < 1.29 is 4.39 Å². The van der Waals surface area contributed by atoms with Gasteiger partial charge in [0.1, 0.15) is 5.82 Å². The van der Waals surface area contributed by atoms with Crippen LogP contribution in [0.5, 0.6) is 0 Å². The van der Waals surface area contributed by atoms with Crippen molar-refractivity contribution in [3.63, 3.8) is 0 Å². The Labute approximate surface area is 159 Å². The van der Waals surface area contributed by atoms with E-state index in [0.717, 1.165) is 21.9 Å². The van der Waals surface area contributed by atoms with Crippen LogP contribution in [0.15, 0.2) is 39.1 Å². The zero-order valence-electron chi connectivity index (χ0n) is 12.3. The molecule has 0 atom stereocenters. The van der Waals surface area contributed by atoms with Crippen molar-refractivity contribution in [1.82, 2.24) is 10.6 Å². The smallest absolute Gasteiger partial charge is 0.191 e. The number of rotatable bonds is 4. The Morgan fingerprint density at radius 1 is 1.23 bits per heavy atom. The first-order valence-corrected chi connectivity index (χ1v) is 8.13. The fourth-order valence-electron chi connectivity index (χ4n) is 1.84. The van der Waals surface area contributed by atoms with Crippen LogP contribution in [0.4, 0.5) is 4.39 Å². The van der Waals surface area contributed by atoms with Gasteiger partial charge < -0.3 is 10.6 Å². The summed E-state index contributed by atoms with van der Waals surface area (Å²) in [4.78, 5) is 5.40. The van der Waals surface area contributed by atoms with E-state index in [2.05, 4.69) is 37.6 Å². The molecule has 120 valence electrons. The van der Waals surface area contributed by atoms with E-state index in [9.17, 15) is 4.39 Å². The molecule has 0 aliphatic carbocycles. The molecule has 7 heteroatoms. The van der Waals surface area contributed by atoms with Gasteiger partial charge in [0.05, 0.1) is 10.3 Å². The molecule has 0 unspecified atom stereocenters. The number of nitrogens with one attached hydrogen (secondary N) is 2. The summed E-state index contributed by atoms with van der Waals surface area (Å²) in [5.74, 6) is 0.547. The van der Waals surface area contributed by atoms with Crippen molar-refractivity contribution in [2.45, 2.75) is 20.0 Å². The van der Waals surface area contributed by atoms with Crippen LogP contribution in [-0.2, 0) is 13.1 Å². The standard InChI is InChI=1S/C15H17BrFN3S.HI/c1-10-7-11(3-5-13(10)17)8-19-15(18-2)20-9-12-4-6-14(16)21-12;/h3-7H,8-9H2,1-2H3,(H2,18,19,20);1H. The van der Waals surface area contributed by atoms with Crippen LogP contribution in [0.3, 0.4) is 0 Å². The molecule has 0 saturated carbocycles. The summed E-state index contributed by atoms with van der Waals surface area (Å²) < 4.78 is 14.3. The van der Waals surface area contributed by atoms with Gasteiger partial charge in [-0.25, -0.2) is 4.39 Å². The molecule has 0 radical (unpaired) electrons. The molecule has 0 aliphatic rings. The maximum Gasteiger partial charge on any atom is 0.191 e. The molecule has 2 aromatic rings. The fourth-order valence-corrected chi connectivity index (χ4v) is 3.26. The number of nitrogens with zero attached hydrogens (tertiary/aromatic N) is 1. The van der Waals surface area contributed by atoms with E-state index < -0.39 is 0 Å². The van der Waals surface area contributed by atoms with E-state index in [1.165, 1.54) is 10.9 Å². The van der Waals surface area contributed by atoms with Gasteiger partial charge >= 0.3 is 0 Å². The Morgan fingerprint density at radius 3 is 2.55 bits per heavy atom. The summed E-state index contributed by atoms with van der Waals surface area (Å²) in [5.41, 5.74) is 1.68. The van der Waals surface area contributed by atoms with Crippen molar-refractivity contribution in [3.05, 3.63) is 55.9 Å². The monoisotopic (exact) mass is 497 g/mol. The highest BCUT2D eigenvalue weighted by atomic mass is 127. The second-order valence-electron chi connectivity index (χ2n) is 4.57. The molecule has 22 heavy (non-hydrogen) atoms. The van der Waals surface area contributed by atoms with Gasteiger partial charge in [0.2, 0.25) is 0 Å². The Hall–Kier alpha value is -0.670. The topological polar surface area (TPSA) is 36.4 Å². The predicted molar refractivity (Wildman–Crippen MR) is 106 cm³/mol. The van der Waals surface area contributed by atoms with Gasteiger partial charge in [-0.15, -0.1) is 35.3 Å². The third-order valence-electron chi connectivity index (χ3n) is 2.96. The van der Waals surface area contributed by atoms with Gasteiger partial charge in [-0.3, -0.25) is 4.99 Å². The minimum absolute atomic E-state index is 0. The average Bonchev–Trinajstić information content (AvgIpc) is 2.88. The highest BCUT2D eigenvalue weighted by Gasteiger charge is 2.03. The third kappa shape index (κ3) is 5.85. The summed E-state index contributed by atoms with van der Waals surface area (Å²) in [6.07, 6.45) is 0. The Kier molecular flexibility index (Phi) is 8.34. The van der Waals surface area contributed by atoms with E-state index >= 15 is 0 Å². The first-order chi connectivity index (χ1) is 10.1. The van der Waals surface area contributed by atoms with Crippen LogP contribution in [0.25, 0.3) is 0 Å². The zero-order chi connectivity index (χ0) is 15.2. The van der Waals surface area contributed by atoms with Gasteiger partial charge in [0.25, 0.3) is 0 Å². The zero-order valence-corrected chi connectivity index (χ0v) is 17.1. The Balaban J connectivity index is 0.00000242. The first-order valence-electron chi connectivity index (χ1n) is 6.52. The number of aliphatic imine (C=N–C) groups is 1. The molecule has 1 aromatic carbocycles. The SMILES string of the molecule is CN=C(NCc1ccc(F)c(C)c1)NCc1ccc(Br)s1.I. The number of halogens is 3. The molecule has 2 N–H and O–H groups in total. The molecule has 2 rings (SSSR count). The molecule has 1 aromatic heterocycles. The molecule has 0 fully saturated rings. The van der Waals surface area contributed by atoms with E-state index in [1.54, 1.807) is 31.4 Å². The van der Waals surface area contributed by atoms with Gasteiger partial charge in [-0.2, -0.15) is 0 Å². The second-order valence-corrected chi connectivity index (χ2v) is 7.12. The summed E-state index contributed by atoms with van der Waals surface area (Å²) in [6, 6.07) is 9.20. The van der Waals surface area contributed by atoms with Crippen molar-refractivity contribution in [1.29, 1.82) is 0 Å². The van der Waals surface area contributed by atoms with Crippen LogP contribution < -0.4 is 10.6 Å². The molecule has 0 amide bonds. The van der Waals surface area contributed by atoms with E-state index in [4.69, 9.17) is 0 Å². The average molecular weight is 498 g/mol. The van der Waals surface area contributed by atoms with Crippen molar-refractivity contribution in [3.8, 4) is 0 Å². The summed E-state index contributed by atoms with van der Waals surface area (Å²) in [5, 5.41) is 6.47. The molecular weight excluding hydrogens is 480 g/mol. The lowest BCUT2D eigenvalue weighted by Gasteiger charge is -2.11. The van der Waals surface area contributed by atoms with Crippen molar-refractivity contribution in [2.24, 2.45) is 4.99 Å². The third-order valence-corrected chi connectivity index (χ3v) is 4.59. The number of guanidine groups is 1. The molecule has 3 nitrogen and oxygen atoms in total. The van der Waals surface area contributed by atoms with E-state index in [1.807, 2.05) is 12.1 Å². The Morgan fingerprint density at radius 2 is 1.95 bits per heavy atom. The van der Waals surface area contributed by atoms with Gasteiger partial charge in [0.15, 0.2) is 5.96 Å². The van der Waals surface area contributed by atoms with Gasteiger partial charge in [0, 0.05) is 18.5 Å². The largest absolute Gasteiger partial charge is 0.352 e. The minimum Gasteiger partial charge on any atom is -0.352 e. The molecule has 0 aliphatic heterocycles. The lowest BCUT2D eigenvalue weighted by atomic mass is 10.1. The predicted octanol–water partition coefficient (Wildman–Crippen LogP) is 4.44. The summed E-state index contributed by atoms with van der Waals surface area (Å²) in [7, 11) is 1.73. The maximum atomic E-state index is 13.2. The lowest BCUT2D eigenvalue weighted by molar-refractivity contribution is 0.617. The van der Waals surface area contributed by atoms with Crippen LogP contribution in [-0.4, -0.2) is 13.0 Å². The first kappa shape index (κ1) is 19.4. The summed E-state index contributed by atoms with van der Waals surface area (Å²) >= 11 is 5.13. The molecular formula is C15H18BrFIN3S. The minimum atomic E-state index is -0.176. The number of hydrogen-bond donors (Lipinski definition) is 2. The lowest BCUT2D eigenvalue weighted by Crippen LogP contribution is -2.36. The molecule has 0 bridgehead atoms. The van der Waals surface area contributed by atoms with Crippen LogP contribution in [0.1, 0.15) is 16.0 Å². The Bertz CT molecular complexity index is 645. The van der Waals surface area contributed by atoms with Crippen molar-refractivity contribution >= 4 is 57.2 Å². The highest BCUT2D eigenvalue weighted by molar-refractivity contribution is 14.0. The van der Waals surface area contributed by atoms with E-state index in [-0.39, 0.29) is 29.8 Å². The number of thiophene rings is 1. The second kappa shape index (κ2) is 9.46. The van der Waals surface area contributed by atoms with Gasteiger partial charge in [-0.05, 0) is 52.2 Å². The quantitative estimate of drug-likeness (QED) is 0.372. The van der Waals surface area contributed by atoms with Crippen LogP contribution in [0.2, 0.25) is 0 Å². The normalized spacial score (nSPS) is 11.0.